The lowest BCUT2D eigenvalue weighted by molar-refractivity contribution is 0.0531. The first-order valence-corrected chi connectivity index (χ1v) is 8.00. The Labute approximate surface area is 136 Å². The molecule has 23 heavy (non-hydrogen) atoms. The van der Waals surface area contributed by atoms with Crippen LogP contribution in [0.5, 0.6) is 0 Å². The van der Waals surface area contributed by atoms with E-state index in [9.17, 15) is 9.59 Å². The molecule has 0 fully saturated rings. The lowest BCUT2D eigenvalue weighted by atomic mass is 10.2. The molecule has 3 rings (SSSR count). The second-order valence-electron chi connectivity index (χ2n) is 5.01. The van der Waals surface area contributed by atoms with Crippen LogP contribution in [-0.2, 0) is 11.2 Å². The zero-order valence-electron chi connectivity index (χ0n) is 12.8. The van der Waals surface area contributed by atoms with Gasteiger partial charge in [-0.25, -0.2) is 9.78 Å². The van der Waals surface area contributed by atoms with Gasteiger partial charge in [0.05, 0.1) is 12.0 Å². The average Bonchev–Trinajstić information content (AvgIpc) is 2.86. The van der Waals surface area contributed by atoms with Crippen LogP contribution in [0.1, 0.15) is 33.5 Å². The number of hydrogen-bond acceptors (Lipinski definition) is 6. The van der Waals surface area contributed by atoms with Crippen LogP contribution >= 0.6 is 11.3 Å². The molecule has 0 atom stereocenters. The molecular formula is C16H15N3O3S. The van der Waals surface area contributed by atoms with Crippen LogP contribution in [0.4, 0.5) is 0 Å². The molecular weight excluding hydrogens is 314 g/mol. The molecule has 3 aromatic rings. The van der Waals surface area contributed by atoms with Gasteiger partial charge in [-0.15, -0.1) is 11.3 Å². The molecule has 0 bridgehead atoms. The topological polar surface area (TPSA) is 84.9 Å². The highest BCUT2D eigenvalue weighted by Crippen LogP contribution is 2.27. The highest BCUT2D eigenvalue weighted by molar-refractivity contribution is 7.20. The summed E-state index contributed by atoms with van der Waals surface area (Å²) < 4.78 is 5.03. The van der Waals surface area contributed by atoms with Gasteiger partial charge in [-0.3, -0.25) is 9.78 Å². The average molecular weight is 329 g/mol. The Balaban J connectivity index is 2.05. The molecule has 0 aromatic carbocycles. The molecule has 0 amide bonds. The maximum absolute atomic E-state index is 12.3. The molecule has 3 heterocycles. The lowest BCUT2D eigenvalue weighted by Crippen LogP contribution is -2.12. The quantitative estimate of drug-likeness (QED) is 0.743. The summed E-state index contributed by atoms with van der Waals surface area (Å²) in [6.07, 6.45) is 3.90. The Morgan fingerprint density at radius 3 is 2.96 bits per heavy atom. The standard InChI is InChI=1S/C16H15N3O3S/c1-3-22-16(21)13-9(2)12-14(20)18-11(19-15(12)23-13)7-10-5-4-6-17-8-10/h4-6,8H,3,7H2,1-2H3,(H,18,19,20). The van der Waals surface area contributed by atoms with Crippen molar-refractivity contribution in [3.05, 3.63) is 56.7 Å². The van der Waals surface area contributed by atoms with Crippen LogP contribution < -0.4 is 5.56 Å². The zero-order valence-corrected chi connectivity index (χ0v) is 13.6. The molecule has 0 aliphatic heterocycles. The Hall–Kier alpha value is -2.54. The molecule has 7 heteroatoms. The number of esters is 1. The summed E-state index contributed by atoms with van der Waals surface area (Å²) in [7, 11) is 0. The largest absolute Gasteiger partial charge is 0.462 e. The van der Waals surface area contributed by atoms with E-state index in [-0.39, 0.29) is 5.56 Å². The molecule has 3 aromatic heterocycles. The Morgan fingerprint density at radius 1 is 1.43 bits per heavy atom. The molecule has 0 saturated heterocycles. The van der Waals surface area contributed by atoms with E-state index in [0.29, 0.717) is 39.5 Å². The van der Waals surface area contributed by atoms with Gasteiger partial charge in [-0.1, -0.05) is 6.07 Å². The van der Waals surface area contributed by atoms with Gasteiger partial charge < -0.3 is 9.72 Å². The van der Waals surface area contributed by atoms with Crippen molar-refractivity contribution >= 4 is 27.5 Å². The van der Waals surface area contributed by atoms with Gasteiger partial charge in [-0.2, -0.15) is 0 Å². The maximum Gasteiger partial charge on any atom is 0.348 e. The van der Waals surface area contributed by atoms with Crippen LogP contribution in [0, 0.1) is 6.92 Å². The fraction of sp³-hybridized carbons (Fsp3) is 0.250. The Bertz CT molecular complexity index is 915. The highest BCUT2D eigenvalue weighted by atomic mass is 32.1. The van der Waals surface area contributed by atoms with Crippen LogP contribution in [-0.4, -0.2) is 27.5 Å². The first kappa shape index (κ1) is 15.4. The molecule has 0 aliphatic carbocycles. The van der Waals surface area contributed by atoms with E-state index < -0.39 is 5.97 Å². The van der Waals surface area contributed by atoms with E-state index in [0.717, 1.165) is 5.56 Å². The number of rotatable bonds is 4. The summed E-state index contributed by atoms with van der Waals surface area (Å²) >= 11 is 1.19. The third-order valence-corrected chi connectivity index (χ3v) is 4.57. The Kier molecular flexibility index (Phi) is 4.20. The summed E-state index contributed by atoms with van der Waals surface area (Å²) in [6.45, 7) is 3.78. The van der Waals surface area contributed by atoms with Gasteiger partial charge in [0.25, 0.3) is 5.56 Å². The van der Waals surface area contributed by atoms with Gasteiger partial charge in [0.1, 0.15) is 15.5 Å². The number of carbonyl (C=O) groups is 1. The summed E-state index contributed by atoms with van der Waals surface area (Å²) in [6, 6.07) is 3.75. The van der Waals surface area contributed by atoms with Gasteiger partial charge in [0, 0.05) is 18.8 Å². The van der Waals surface area contributed by atoms with Crippen molar-refractivity contribution in [2.45, 2.75) is 20.3 Å². The van der Waals surface area contributed by atoms with Crippen molar-refractivity contribution in [2.75, 3.05) is 6.61 Å². The third-order valence-electron chi connectivity index (χ3n) is 3.40. The second kappa shape index (κ2) is 6.29. The molecule has 0 saturated carbocycles. The lowest BCUT2D eigenvalue weighted by Gasteiger charge is -2.01. The fourth-order valence-corrected chi connectivity index (χ4v) is 3.45. The number of nitrogens with one attached hydrogen (secondary N) is 1. The van der Waals surface area contributed by atoms with E-state index in [4.69, 9.17) is 4.74 Å². The first-order chi connectivity index (χ1) is 11.1. The van der Waals surface area contributed by atoms with Gasteiger partial charge in [-0.05, 0) is 31.0 Å². The molecule has 118 valence electrons. The molecule has 0 radical (unpaired) electrons. The number of carbonyl (C=O) groups excluding carboxylic acids is 1. The monoisotopic (exact) mass is 329 g/mol. The van der Waals surface area contributed by atoms with Crippen molar-refractivity contribution in [3.8, 4) is 0 Å². The number of fused-ring (bicyclic) bond motifs is 1. The minimum atomic E-state index is -0.416. The van der Waals surface area contributed by atoms with E-state index in [1.54, 1.807) is 26.2 Å². The molecule has 0 spiro atoms. The van der Waals surface area contributed by atoms with Crippen LogP contribution in [0.25, 0.3) is 10.2 Å². The van der Waals surface area contributed by atoms with Crippen molar-refractivity contribution in [1.82, 2.24) is 15.0 Å². The van der Waals surface area contributed by atoms with Gasteiger partial charge in [0.2, 0.25) is 0 Å². The number of H-pyrrole nitrogens is 1. The van der Waals surface area contributed by atoms with E-state index in [1.165, 1.54) is 11.3 Å². The third kappa shape index (κ3) is 3.00. The Morgan fingerprint density at radius 2 is 2.26 bits per heavy atom. The SMILES string of the molecule is CCOC(=O)c1sc2nc(Cc3cccnc3)[nH]c(=O)c2c1C. The van der Waals surface area contributed by atoms with Crippen molar-refractivity contribution in [2.24, 2.45) is 0 Å². The fourth-order valence-electron chi connectivity index (χ4n) is 2.36. The van der Waals surface area contributed by atoms with Crippen LogP contribution in [0.15, 0.2) is 29.3 Å². The normalized spacial score (nSPS) is 10.9. The van der Waals surface area contributed by atoms with E-state index in [1.807, 2.05) is 12.1 Å². The molecule has 0 unspecified atom stereocenters. The summed E-state index contributed by atoms with van der Waals surface area (Å²) in [4.78, 5) is 36.6. The van der Waals surface area contributed by atoms with Crippen LogP contribution in [0.3, 0.4) is 0 Å². The van der Waals surface area contributed by atoms with Gasteiger partial charge in [0.15, 0.2) is 0 Å². The zero-order chi connectivity index (χ0) is 16.4. The predicted molar refractivity (Wildman–Crippen MR) is 88.0 cm³/mol. The number of pyridine rings is 1. The minimum Gasteiger partial charge on any atom is -0.462 e. The second-order valence-corrected chi connectivity index (χ2v) is 6.01. The first-order valence-electron chi connectivity index (χ1n) is 7.18. The number of ether oxygens (including phenoxy) is 1. The number of aryl methyl sites for hydroxylation is 1. The summed E-state index contributed by atoms with van der Waals surface area (Å²) in [5, 5.41) is 0.452. The number of hydrogen-bond donors (Lipinski definition) is 1. The highest BCUT2D eigenvalue weighted by Gasteiger charge is 2.20. The molecule has 6 nitrogen and oxygen atoms in total. The number of thiophene rings is 1. The molecule has 0 aliphatic rings. The number of nitrogens with zero attached hydrogens (tertiary/aromatic N) is 2. The number of aromatic nitrogens is 3. The van der Waals surface area contributed by atoms with E-state index >= 15 is 0 Å². The van der Waals surface area contributed by atoms with Crippen molar-refractivity contribution in [3.63, 3.8) is 0 Å². The van der Waals surface area contributed by atoms with Crippen molar-refractivity contribution in [1.29, 1.82) is 0 Å². The maximum atomic E-state index is 12.3. The van der Waals surface area contributed by atoms with Crippen molar-refractivity contribution < 1.29 is 9.53 Å². The van der Waals surface area contributed by atoms with Gasteiger partial charge >= 0.3 is 5.97 Å². The van der Waals surface area contributed by atoms with E-state index in [2.05, 4.69) is 15.0 Å². The summed E-state index contributed by atoms with van der Waals surface area (Å²) in [5.74, 6) is 0.133. The minimum absolute atomic E-state index is 0.238. The molecule has 1 N–H and O–H groups in total. The smallest absolute Gasteiger partial charge is 0.348 e. The number of aromatic amines is 1. The van der Waals surface area contributed by atoms with Crippen LogP contribution in [0.2, 0.25) is 0 Å². The summed E-state index contributed by atoms with van der Waals surface area (Å²) in [5.41, 5.74) is 1.33. The predicted octanol–water partition coefficient (Wildman–Crippen LogP) is 2.46.